The van der Waals surface area contributed by atoms with Gasteiger partial charge in [-0.15, -0.1) is 10.2 Å². The first kappa shape index (κ1) is 17.0. The monoisotopic (exact) mass is 401 g/mol. The summed E-state index contributed by atoms with van der Waals surface area (Å²) in [4.78, 5) is 4.39. The van der Waals surface area contributed by atoms with Crippen LogP contribution in [0, 0.1) is 0 Å². The Labute approximate surface area is 162 Å². The highest BCUT2D eigenvalue weighted by molar-refractivity contribution is 8.00. The summed E-state index contributed by atoms with van der Waals surface area (Å²) in [5.74, 6) is 1.53. The van der Waals surface area contributed by atoms with Crippen LogP contribution in [0.4, 0.5) is 10.8 Å². The molecule has 0 saturated carbocycles. The molecule has 4 aromatic rings. The smallest absolute Gasteiger partial charge is 0.259 e. The first-order valence-corrected chi connectivity index (χ1v) is 9.82. The first-order valence-electron chi connectivity index (χ1n) is 7.64. The standard InChI is InChI=1S/C17H12ClN5OS2/c18-13-9-5-4-8-12(13)15-20-14(23-24-15)10-25-17-22-21-16(26-17)19-11-6-2-1-3-7-11/h1-9H,10H2,(H,19,21). The van der Waals surface area contributed by atoms with Crippen LogP contribution in [-0.2, 0) is 5.75 Å². The van der Waals surface area contributed by atoms with Crippen molar-refractivity contribution in [1.29, 1.82) is 0 Å². The molecular formula is C17H12ClN5OS2. The third-order valence-electron chi connectivity index (χ3n) is 3.33. The van der Waals surface area contributed by atoms with Gasteiger partial charge in [0.1, 0.15) is 0 Å². The molecule has 2 aromatic heterocycles. The van der Waals surface area contributed by atoms with E-state index in [-0.39, 0.29) is 0 Å². The van der Waals surface area contributed by atoms with E-state index in [0.29, 0.717) is 22.5 Å². The molecule has 0 amide bonds. The maximum absolute atomic E-state index is 6.15. The summed E-state index contributed by atoms with van der Waals surface area (Å²) in [6, 6.07) is 17.2. The lowest BCUT2D eigenvalue weighted by Crippen LogP contribution is -1.87. The fraction of sp³-hybridized carbons (Fsp3) is 0.0588. The Morgan fingerprint density at radius 2 is 1.85 bits per heavy atom. The molecule has 0 aliphatic heterocycles. The number of hydrogen-bond acceptors (Lipinski definition) is 8. The highest BCUT2D eigenvalue weighted by Gasteiger charge is 2.13. The quantitative estimate of drug-likeness (QED) is 0.440. The number of hydrogen-bond donors (Lipinski definition) is 1. The molecule has 0 aliphatic carbocycles. The Bertz CT molecular complexity index is 1010. The Morgan fingerprint density at radius 3 is 2.69 bits per heavy atom. The van der Waals surface area contributed by atoms with Crippen molar-refractivity contribution in [3.05, 3.63) is 65.4 Å². The summed E-state index contributed by atoms with van der Waals surface area (Å²) in [5, 5.41) is 16.9. The maximum atomic E-state index is 6.15. The third kappa shape index (κ3) is 4.04. The lowest BCUT2D eigenvalue weighted by Gasteiger charge is -1.99. The maximum Gasteiger partial charge on any atom is 0.259 e. The molecule has 0 atom stereocenters. The number of benzene rings is 2. The van der Waals surface area contributed by atoms with E-state index in [2.05, 4.69) is 25.7 Å². The minimum atomic E-state index is 0.412. The average Bonchev–Trinajstić information content (AvgIpc) is 3.31. The third-order valence-corrected chi connectivity index (χ3v) is 5.63. The van der Waals surface area contributed by atoms with Crippen LogP contribution in [0.3, 0.4) is 0 Å². The predicted molar refractivity (Wildman–Crippen MR) is 104 cm³/mol. The summed E-state index contributed by atoms with van der Waals surface area (Å²) in [6.07, 6.45) is 0. The number of para-hydroxylation sites is 1. The van der Waals surface area contributed by atoms with Crippen LogP contribution in [0.2, 0.25) is 5.02 Å². The molecule has 0 saturated heterocycles. The van der Waals surface area contributed by atoms with Gasteiger partial charge in [-0.1, -0.05) is 70.2 Å². The highest BCUT2D eigenvalue weighted by Crippen LogP contribution is 2.30. The van der Waals surface area contributed by atoms with Gasteiger partial charge in [-0.2, -0.15) is 4.98 Å². The van der Waals surface area contributed by atoms with Crippen molar-refractivity contribution in [1.82, 2.24) is 20.3 Å². The van der Waals surface area contributed by atoms with Crippen LogP contribution in [0.15, 0.2) is 63.5 Å². The molecule has 2 heterocycles. The summed E-state index contributed by atoms with van der Waals surface area (Å²) in [7, 11) is 0. The second-order valence-electron chi connectivity index (χ2n) is 5.15. The molecule has 9 heteroatoms. The molecule has 26 heavy (non-hydrogen) atoms. The molecule has 6 nitrogen and oxygen atoms in total. The van der Waals surface area contributed by atoms with Crippen LogP contribution in [0.25, 0.3) is 11.5 Å². The Balaban J connectivity index is 1.39. The molecule has 130 valence electrons. The van der Waals surface area contributed by atoms with Crippen LogP contribution >= 0.6 is 34.7 Å². The molecule has 2 aromatic carbocycles. The second kappa shape index (κ2) is 7.86. The molecule has 0 unspecified atom stereocenters. The van der Waals surface area contributed by atoms with Crippen LogP contribution in [-0.4, -0.2) is 20.3 Å². The Morgan fingerprint density at radius 1 is 1.04 bits per heavy atom. The normalized spacial score (nSPS) is 10.8. The van der Waals surface area contributed by atoms with E-state index in [1.54, 1.807) is 6.07 Å². The van der Waals surface area contributed by atoms with E-state index in [4.69, 9.17) is 16.1 Å². The van der Waals surface area contributed by atoms with E-state index in [1.807, 2.05) is 48.5 Å². The van der Waals surface area contributed by atoms with Gasteiger partial charge in [0.25, 0.3) is 5.89 Å². The van der Waals surface area contributed by atoms with Crippen LogP contribution in [0.1, 0.15) is 5.82 Å². The topological polar surface area (TPSA) is 76.7 Å². The van der Waals surface area contributed by atoms with Crippen molar-refractivity contribution >= 4 is 45.5 Å². The number of thioether (sulfide) groups is 1. The molecule has 0 aliphatic rings. The average molecular weight is 402 g/mol. The van der Waals surface area contributed by atoms with E-state index in [9.17, 15) is 0 Å². The fourth-order valence-electron chi connectivity index (χ4n) is 2.15. The van der Waals surface area contributed by atoms with Crippen molar-refractivity contribution in [3.63, 3.8) is 0 Å². The van der Waals surface area contributed by atoms with Gasteiger partial charge in [0, 0.05) is 5.69 Å². The molecule has 4 rings (SSSR count). The summed E-state index contributed by atoms with van der Waals surface area (Å²) in [5.41, 5.74) is 1.70. The summed E-state index contributed by atoms with van der Waals surface area (Å²) >= 11 is 9.13. The lowest BCUT2D eigenvalue weighted by molar-refractivity contribution is 0.425. The van der Waals surface area contributed by atoms with Gasteiger partial charge in [0.05, 0.1) is 16.3 Å². The van der Waals surface area contributed by atoms with Gasteiger partial charge in [0.15, 0.2) is 10.2 Å². The van der Waals surface area contributed by atoms with E-state index in [0.717, 1.165) is 20.7 Å². The summed E-state index contributed by atoms with van der Waals surface area (Å²) < 4.78 is 6.13. The van der Waals surface area contributed by atoms with Gasteiger partial charge in [0.2, 0.25) is 5.13 Å². The van der Waals surface area contributed by atoms with Crippen molar-refractivity contribution < 1.29 is 4.52 Å². The molecular weight excluding hydrogens is 390 g/mol. The fourth-order valence-corrected chi connectivity index (χ4v) is 3.98. The number of halogens is 1. The molecule has 1 N–H and O–H groups in total. The predicted octanol–water partition coefficient (Wildman–Crippen LogP) is 5.28. The molecule has 0 fully saturated rings. The van der Waals surface area contributed by atoms with E-state index < -0.39 is 0 Å². The molecule has 0 spiro atoms. The number of anilines is 2. The summed E-state index contributed by atoms with van der Waals surface area (Å²) in [6.45, 7) is 0. The number of aromatic nitrogens is 4. The van der Waals surface area contributed by atoms with Crippen molar-refractivity contribution in [2.24, 2.45) is 0 Å². The van der Waals surface area contributed by atoms with Gasteiger partial charge in [-0.3, -0.25) is 0 Å². The SMILES string of the molecule is Clc1ccccc1-c1nc(CSc2nnc(Nc3ccccc3)s2)no1. The van der Waals surface area contributed by atoms with Crippen molar-refractivity contribution in [2.75, 3.05) is 5.32 Å². The van der Waals surface area contributed by atoms with Gasteiger partial charge >= 0.3 is 0 Å². The van der Waals surface area contributed by atoms with Crippen molar-refractivity contribution in [2.45, 2.75) is 10.1 Å². The van der Waals surface area contributed by atoms with E-state index >= 15 is 0 Å². The zero-order chi connectivity index (χ0) is 17.8. The number of nitrogens with zero attached hydrogens (tertiary/aromatic N) is 4. The zero-order valence-corrected chi connectivity index (χ0v) is 15.7. The first-order chi connectivity index (χ1) is 12.8. The Kier molecular flexibility index (Phi) is 5.14. The van der Waals surface area contributed by atoms with Gasteiger partial charge in [-0.05, 0) is 24.3 Å². The highest BCUT2D eigenvalue weighted by atomic mass is 35.5. The molecule has 0 radical (unpaired) electrons. The lowest BCUT2D eigenvalue weighted by atomic mass is 10.2. The van der Waals surface area contributed by atoms with Gasteiger partial charge < -0.3 is 9.84 Å². The minimum absolute atomic E-state index is 0.412. The minimum Gasteiger partial charge on any atom is -0.334 e. The second-order valence-corrected chi connectivity index (χ2v) is 7.76. The van der Waals surface area contributed by atoms with E-state index in [1.165, 1.54) is 23.1 Å². The zero-order valence-electron chi connectivity index (χ0n) is 13.3. The van der Waals surface area contributed by atoms with Crippen LogP contribution in [0.5, 0.6) is 0 Å². The van der Waals surface area contributed by atoms with Gasteiger partial charge in [-0.25, -0.2) is 0 Å². The van der Waals surface area contributed by atoms with Crippen molar-refractivity contribution in [3.8, 4) is 11.5 Å². The van der Waals surface area contributed by atoms with Crippen LogP contribution < -0.4 is 5.32 Å². The largest absolute Gasteiger partial charge is 0.334 e. The number of nitrogens with one attached hydrogen (secondary N) is 1. The number of rotatable bonds is 6. The molecule has 0 bridgehead atoms. The Hall–Kier alpha value is -2.42.